The van der Waals surface area contributed by atoms with Crippen molar-refractivity contribution in [3.63, 3.8) is 0 Å². The van der Waals surface area contributed by atoms with E-state index in [0.29, 0.717) is 6.42 Å². The molecule has 0 atom stereocenters. The summed E-state index contributed by atoms with van der Waals surface area (Å²) in [6, 6.07) is 1.97. The molecule has 0 unspecified atom stereocenters. The first-order chi connectivity index (χ1) is 8.09. The SMILES string of the molecule is Cc1c(-c2cc[nH]c2)c(CCC(=O)O)nn1C. The van der Waals surface area contributed by atoms with Crippen molar-refractivity contribution in [1.82, 2.24) is 14.8 Å². The average Bonchev–Trinajstić information content (AvgIpc) is 2.86. The lowest BCUT2D eigenvalue weighted by atomic mass is 10.0. The number of aromatic amines is 1. The number of aryl methyl sites for hydroxylation is 2. The fourth-order valence-corrected chi connectivity index (χ4v) is 1.93. The molecule has 0 aliphatic heterocycles. The number of carboxylic acids is 1. The number of nitrogens with zero attached hydrogens (tertiary/aromatic N) is 2. The standard InChI is InChI=1S/C12H15N3O2/c1-8-12(9-5-6-13-7-9)10(14-15(8)2)3-4-11(16)17/h5-7,13H,3-4H2,1-2H3,(H,16,17). The van der Waals surface area contributed by atoms with Gasteiger partial charge in [-0.05, 0) is 13.0 Å². The Morgan fingerprint density at radius 3 is 2.94 bits per heavy atom. The Morgan fingerprint density at radius 2 is 2.35 bits per heavy atom. The van der Waals surface area contributed by atoms with E-state index in [1.807, 2.05) is 32.4 Å². The Morgan fingerprint density at radius 1 is 1.59 bits per heavy atom. The number of hydrogen-bond acceptors (Lipinski definition) is 2. The minimum atomic E-state index is -0.798. The number of carbonyl (C=O) groups is 1. The van der Waals surface area contributed by atoms with Crippen molar-refractivity contribution in [3.05, 3.63) is 29.8 Å². The summed E-state index contributed by atoms with van der Waals surface area (Å²) < 4.78 is 1.79. The first kappa shape index (κ1) is 11.4. The molecule has 0 saturated heterocycles. The van der Waals surface area contributed by atoms with Crippen molar-refractivity contribution in [2.75, 3.05) is 0 Å². The Bertz CT molecular complexity index is 526. The molecule has 2 aromatic heterocycles. The third kappa shape index (κ3) is 2.22. The van der Waals surface area contributed by atoms with Gasteiger partial charge in [-0.1, -0.05) is 0 Å². The molecule has 0 aliphatic rings. The van der Waals surface area contributed by atoms with Crippen LogP contribution >= 0.6 is 0 Å². The van der Waals surface area contributed by atoms with Gasteiger partial charge < -0.3 is 10.1 Å². The van der Waals surface area contributed by atoms with Crippen molar-refractivity contribution in [3.8, 4) is 11.1 Å². The largest absolute Gasteiger partial charge is 0.481 e. The minimum absolute atomic E-state index is 0.105. The van der Waals surface area contributed by atoms with Gasteiger partial charge in [-0.3, -0.25) is 9.48 Å². The summed E-state index contributed by atoms with van der Waals surface area (Å²) in [6.45, 7) is 1.99. The van der Waals surface area contributed by atoms with Gasteiger partial charge in [0.25, 0.3) is 0 Å². The highest BCUT2D eigenvalue weighted by Gasteiger charge is 2.15. The van der Waals surface area contributed by atoms with Crippen LogP contribution in [0, 0.1) is 6.92 Å². The molecule has 90 valence electrons. The maximum absolute atomic E-state index is 10.6. The van der Waals surface area contributed by atoms with Gasteiger partial charge in [0.1, 0.15) is 0 Å². The maximum Gasteiger partial charge on any atom is 0.303 e. The van der Waals surface area contributed by atoms with Crippen molar-refractivity contribution in [2.45, 2.75) is 19.8 Å². The summed E-state index contributed by atoms with van der Waals surface area (Å²) >= 11 is 0. The molecule has 17 heavy (non-hydrogen) atoms. The predicted octanol–water partition coefficient (Wildman–Crippen LogP) is 1.74. The lowest BCUT2D eigenvalue weighted by molar-refractivity contribution is -0.136. The van der Waals surface area contributed by atoms with Crippen LogP contribution in [0.4, 0.5) is 0 Å². The third-order valence-corrected chi connectivity index (χ3v) is 2.87. The van der Waals surface area contributed by atoms with Crippen molar-refractivity contribution in [2.24, 2.45) is 7.05 Å². The maximum atomic E-state index is 10.6. The number of aromatic nitrogens is 3. The molecule has 2 rings (SSSR count). The lowest BCUT2D eigenvalue weighted by Gasteiger charge is -2.00. The Balaban J connectivity index is 2.38. The van der Waals surface area contributed by atoms with Gasteiger partial charge in [0.2, 0.25) is 0 Å². The molecule has 0 spiro atoms. The van der Waals surface area contributed by atoms with Crippen LogP contribution in [0.3, 0.4) is 0 Å². The summed E-state index contributed by atoms with van der Waals surface area (Å²) in [5.74, 6) is -0.798. The summed E-state index contributed by atoms with van der Waals surface area (Å²) in [5, 5.41) is 13.1. The molecule has 0 fully saturated rings. The van der Waals surface area contributed by atoms with Gasteiger partial charge in [-0.2, -0.15) is 5.10 Å². The van der Waals surface area contributed by atoms with Gasteiger partial charge in [-0.15, -0.1) is 0 Å². The van der Waals surface area contributed by atoms with Gasteiger partial charge in [0, 0.05) is 42.7 Å². The van der Waals surface area contributed by atoms with Crippen LogP contribution in [0.1, 0.15) is 17.8 Å². The van der Waals surface area contributed by atoms with Crippen LogP contribution in [-0.2, 0) is 18.3 Å². The second-order valence-electron chi connectivity index (χ2n) is 4.02. The number of hydrogen-bond donors (Lipinski definition) is 2. The zero-order valence-electron chi connectivity index (χ0n) is 9.90. The van der Waals surface area contributed by atoms with Crippen LogP contribution in [0.15, 0.2) is 18.5 Å². The second kappa shape index (κ2) is 4.45. The summed E-state index contributed by atoms with van der Waals surface area (Å²) in [6.07, 6.45) is 4.31. The van der Waals surface area contributed by atoms with E-state index in [-0.39, 0.29) is 6.42 Å². The number of aliphatic carboxylic acids is 1. The normalized spacial score (nSPS) is 10.7. The highest BCUT2D eigenvalue weighted by atomic mass is 16.4. The fraction of sp³-hybridized carbons (Fsp3) is 0.333. The van der Waals surface area contributed by atoms with Gasteiger partial charge >= 0.3 is 5.97 Å². The number of carboxylic acid groups (broad SMARTS) is 1. The summed E-state index contributed by atoms with van der Waals surface area (Å²) in [4.78, 5) is 13.6. The van der Waals surface area contributed by atoms with E-state index < -0.39 is 5.97 Å². The fourth-order valence-electron chi connectivity index (χ4n) is 1.93. The van der Waals surface area contributed by atoms with E-state index >= 15 is 0 Å². The molecule has 0 aromatic carbocycles. The topological polar surface area (TPSA) is 70.9 Å². The predicted molar refractivity (Wildman–Crippen MR) is 63.7 cm³/mol. The zero-order chi connectivity index (χ0) is 12.4. The third-order valence-electron chi connectivity index (χ3n) is 2.87. The molecule has 0 amide bonds. The number of nitrogens with one attached hydrogen (secondary N) is 1. The van der Waals surface area contributed by atoms with E-state index in [2.05, 4.69) is 10.1 Å². The Kier molecular flexibility index (Phi) is 2.99. The second-order valence-corrected chi connectivity index (χ2v) is 4.02. The first-order valence-electron chi connectivity index (χ1n) is 5.47. The van der Waals surface area contributed by atoms with E-state index in [1.165, 1.54) is 0 Å². The first-order valence-corrected chi connectivity index (χ1v) is 5.47. The molecular weight excluding hydrogens is 218 g/mol. The van der Waals surface area contributed by atoms with Gasteiger partial charge in [-0.25, -0.2) is 0 Å². The number of rotatable bonds is 4. The Hall–Kier alpha value is -2.04. The van der Waals surface area contributed by atoms with Gasteiger partial charge in [0.15, 0.2) is 0 Å². The van der Waals surface area contributed by atoms with E-state index in [1.54, 1.807) is 4.68 Å². The Labute approximate surface area is 99.1 Å². The number of H-pyrrole nitrogens is 1. The van der Waals surface area contributed by atoms with E-state index in [0.717, 1.165) is 22.5 Å². The highest BCUT2D eigenvalue weighted by molar-refractivity contribution is 5.70. The van der Waals surface area contributed by atoms with Crippen LogP contribution in [0.2, 0.25) is 0 Å². The minimum Gasteiger partial charge on any atom is -0.481 e. The zero-order valence-corrected chi connectivity index (χ0v) is 9.90. The molecule has 2 aromatic rings. The van der Waals surface area contributed by atoms with E-state index in [4.69, 9.17) is 5.11 Å². The van der Waals surface area contributed by atoms with Crippen LogP contribution < -0.4 is 0 Å². The molecule has 0 saturated carbocycles. The molecule has 2 N–H and O–H groups in total. The average molecular weight is 233 g/mol. The monoisotopic (exact) mass is 233 g/mol. The molecular formula is C12H15N3O2. The molecule has 5 nitrogen and oxygen atoms in total. The van der Waals surface area contributed by atoms with Crippen molar-refractivity contribution < 1.29 is 9.90 Å². The van der Waals surface area contributed by atoms with Crippen LogP contribution in [0.25, 0.3) is 11.1 Å². The van der Waals surface area contributed by atoms with Gasteiger partial charge in [0.05, 0.1) is 12.1 Å². The smallest absolute Gasteiger partial charge is 0.303 e. The van der Waals surface area contributed by atoms with Crippen molar-refractivity contribution >= 4 is 5.97 Å². The summed E-state index contributed by atoms with van der Waals surface area (Å²) in [5.41, 5.74) is 3.97. The summed E-state index contributed by atoms with van der Waals surface area (Å²) in [7, 11) is 1.87. The molecule has 2 heterocycles. The lowest BCUT2D eigenvalue weighted by Crippen LogP contribution is -1.99. The molecule has 0 aliphatic carbocycles. The van der Waals surface area contributed by atoms with Crippen molar-refractivity contribution in [1.29, 1.82) is 0 Å². The molecule has 0 bridgehead atoms. The van der Waals surface area contributed by atoms with Crippen LogP contribution in [-0.4, -0.2) is 25.8 Å². The quantitative estimate of drug-likeness (QED) is 0.845. The van der Waals surface area contributed by atoms with E-state index in [9.17, 15) is 4.79 Å². The van der Waals surface area contributed by atoms with Crippen LogP contribution in [0.5, 0.6) is 0 Å². The molecule has 0 radical (unpaired) electrons. The highest BCUT2D eigenvalue weighted by Crippen LogP contribution is 2.27. The molecule has 5 heteroatoms.